The number of Topliss-reactive ketones (excluding diaryl/α,β-unsaturated/α-hetero) is 1. The number of allylic oxidation sites excluding steroid dienone is 1. The van der Waals surface area contributed by atoms with Gasteiger partial charge in [0, 0.05) is 23.2 Å². The summed E-state index contributed by atoms with van der Waals surface area (Å²) in [5, 5.41) is 10.8. The molecule has 0 spiro atoms. The molecule has 1 aliphatic heterocycles. The number of nitrogens with zero attached hydrogens (tertiary/aromatic N) is 1. The van der Waals surface area contributed by atoms with Crippen LogP contribution in [0, 0.1) is 0 Å². The van der Waals surface area contributed by atoms with E-state index in [0.29, 0.717) is 5.02 Å². The van der Waals surface area contributed by atoms with Gasteiger partial charge in [-0.3, -0.25) is 9.10 Å². The van der Waals surface area contributed by atoms with E-state index >= 15 is 0 Å². The van der Waals surface area contributed by atoms with Gasteiger partial charge in [-0.2, -0.15) is 0 Å². The van der Waals surface area contributed by atoms with Crippen molar-refractivity contribution in [2.45, 2.75) is 4.90 Å². The van der Waals surface area contributed by atoms with E-state index in [1.807, 2.05) is 0 Å². The number of rotatable bonds is 1. The average molecular weight is 350 g/mol. The SMILES string of the molecule is CN1C(=C(O)c2cccc(Cl)c2)C(=O)c2ccccc2S1(=O)=O. The maximum absolute atomic E-state index is 12.7. The van der Waals surface area contributed by atoms with E-state index in [2.05, 4.69) is 0 Å². The molecule has 5 nitrogen and oxygen atoms in total. The van der Waals surface area contributed by atoms with Crippen LogP contribution in [0.1, 0.15) is 15.9 Å². The molecule has 0 aromatic heterocycles. The van der Waals surface area contributed by atoms with Crippen LogP contribution >= 0.6 is 11.6 Å². The monoisotopic (exact) mass is 349 g/mol. The van der Waals surface area contributed by atoms with Gasteiger partial charge < -0.3 is 5.11 Å². The quantitative estimate of drug-likeness (QED) is 0.634. The van der Waals surface area contributed by atoms with Crippen LogP contribution < -0.4 is 0 Å². The van der Waals surface area contributed by atoms with Gasteiger partial charge in [0.25, 0.3) is 10.0 Å². The molecule has 7 heteroatoms. The number of carbonyl (C=O) groups excluding carboxylic acids is 1. The first kappa shape index (κ1) is 15.6. The Morgan fingerprint density at radius 2 is 1.83 bits per heavy atom. The molecule has 0 radical (unpaired) electrons. The molecule has 3 rings (SSSR count). The van der Waals surface area contributed by atoms with Gasteiger partial charge in [-0.05, 0) is 24.3 Å². The maximum atomic E-state index is 12.7. The number of sulfonamides is 1. The van der Waals surface area contributed by atoms with Crippen molar-refractivity contribution in [3.63, 3.8) is 0 Å². The summed E-state index contributed by atoms with van der Waals surface area (Å²) in [7, 11) is -2.67. The minimum absolute atomic E-state index is 0.0363. The van der Waals surface area contributed by atoms with E-state index in [4.69, 9.17) is 11.6 Å². The van der Waals surface area contributed by atoms with Crippen LogP contribution in [0.25, 0.3) is 5.76 Å². The molecule has 2 aromatic rings. The van der Waals surface area contributed by atoms with Crippen LogP contribution in [0.15, 0.2) is 59.1 Å². The molecule has 23 heavy (non-hydrogen) atoms. The lowest BCUT2D eigenvalue weighted by Gasteiger charge is -2.28. The second-order valence-corrected chi connectivity index (χ2v) is 7.38. The normalized spacial score (nSPS) is 18.5. The molecular weight excluding hydrogens is 338 g/mol. The molecule has 0 saturated carbocycles. The Morgan fingerprint density at radius 3 is 2.52 bits per heavy atom. The second-order valence-electron chi connectivity index (χ2n) is 5.01. The predicted octanol–water partition coefficient (Wildman–Crippen LogP) is 3.08. The highest BCUT2D eigenvalue weighted by atomic mass is 35.5. The maximum Gasteiger partial charge on any atom is 0.265 e. The predicted molar refractivity (Wildman–Crippen MR) is 86.7 cm³/mol. The van der Waals surface area contributed by atoms with E-state index in [1.165, 1.54) is 25.2 Å². The summed E-state index contributed by atoms with van der Waals surface area (Å²) in [6.07, 6.45) is 0. The summed E-state index contributed by atoms with van der Waals surface area (Å²) in [6.45, 7) is 0. The molecule has 1 heterocycles. The van der Waals surface area contributed by atoms with Crippen LogP contribution in [0.4, 0.5) is 0 Å². The van der Waals surface area contributed by atoms with Crippen LogP contribution in [-0.4, -0.2) is 30.7 Å². The number of fused-ring (bicyclic) bond motifs is 1. The molecule has 0 fully saturated rings. The minimum atomic E-state index is -3.90. The first-order valence-electron chi connectivity index (χ1n) is 6.66. The van der Waals surface area contributed by atoms with Crippen molar-refractivity contribution < 1.29 is 18.3 Å². The van der Waals surface area contributed by atoms with Crippen LogP contribution in [0.3, 0.4) is 0 Å². The van der Waals surface area contributed by atoms with Crippen LogP contribution in [-0.2, 0) is 10.0 Å². The number of hydrogen-bond donors (Lipinski definition) is 1. The number of ketones is 1. The van der Waals surface area contributed by atoms with Gasteiger partial charge in [0.05, 0.1) is 4.90 Å². The molecule has 1 N–H and O–H groups in total. The highest BCUT2D eigenvalue weighted by Crippen LogP contribution is 2.34. The lowest BCUT2D eigenvalue weighted by Crippen LogP contribution is -2.37. The zero-order valence-corrected chi connectivity index (χ0v) is 13.6. The standard InChI is InChI=1S/C16H12ClNO4S/c1-18-14(15(19)10-5-4-6-11(17)9-10)16(20)12-7-2-3-8-13(12)23(18,21)22/h2-9,19H,1H3. The molecule has 0 saturated heterocycles. The average Bonchev–Trinajstić information content (AvgIpc) is 2.53. The lowest BCUT2D eigenvalue weighted by atomic mass is 10.0. The number of hydrogen-bond acceptors (Lipinski definition) is 4. The number of aliphatic hydroxyl groups is 1. The summed E-state index contributed by atoms with van der Waals surface area (Å²) < 4.78 is 25.9. The molecule has 2 aromatic carbocycles. The van der Waals surface area contributed by atoms with E-state index in [0.717, 1.165) is 4.31 Å². The molecule has 0 unspecified atom stereocenters. The summed E-state index contributed by atoms with van der Waals surface area (Å²) in [6, 6.07) is 12.1. The lowest BCUT2D eigenvalue weighted by molar-refractivity contribution is 0.100. The molecule has 0 aliphatic carbocycles. The first-order valence-corrected chi connectivity index (χ1v) is 8.47. The Bertz CT molecular complexity index is 950. The van der Waals surface area contributed by atoms with Crippen LogP contribution in [0.5, 0.6) is 0 Å². The summed E-state index contributed by atoms with van der Waals surface area (Å²) in [5.74, 6) is -0.992. The van der Waals surface area contributed by atoms with Crippen molar-refractivity contribution in [2.24, 2.45) is 0 Å². The van der Waals surface area contributed by atoms with Crippen molar-refractivity contribution in [3.8, 4) is 0 Å². The smallest absolute Gasteiger partial charge is 0.265 e. The Morgan fingerprint density at radius 1 is 1.13 bits per heavy atom. The Hall–Kier alpha value is -2.31. The fraction of sp³-hybridized carbons (Fsp3) is 0.0625. The Labute approximate surface area is 138 Å². The fourth-order valence-electron chi connectivity index (χ4n) is 2.45. The van der Waals surface area contributed by atoms with Gasteiger partial charge >= 0.3 is 0 Å². The topological polar surface area (TPSA) is 74.7 Å². The molecule has 1 aliphatic rings. The van der Waals surface area contributed by atoms with Crippen molar-refractivity contribution in [1.82, 2.24) is 4.31 Å². The highest BCUT2D eigenvalue weighted by Gasteiger charge is 2.39. The first-order chi connectivity index (χ1) is 10.8. The van der Waals surface area contributed by atoms with Gasteiger partial charge in [0.1, 0.15) is 5.70 Å². The van der Waals surface area contributed by atoms with Crippen molar-refractivity contribution in [2.75, 3.05) is 7.05 Å². The van der Waals surface area contributed by atoms with Crippen molar-refractivity contribution in [1.29, 1.82) is 0 Å². The molecule has 0 bridgehead atoms. The Kier molecular flexibility index (Phi) is 3.66. The summed E-state index contributed by atoms with van der Waals surface area (Å²) in [4.78, 5) is 12.6. The van der Waals surface area contributed by atoms with Crippen molar-refractivity contribution >= 4 is 33.2 Å². The highest BCUT2D eigenvalue weighted by molar-refractivity contribution is 7.89. The zero-order valence-electron chi connectivity index (χ0n) is 12.0. The third kappa shape index (κ3) is 2.40. The number of carbonyl (C=O) groups is 1. The van der Waals surface area contributed by atoms with E-state index in [9.17, 15) is 18.3 Å². The number of halogens is 1. The van der Waals surface area contributed by atoms with Crippen molar-refractivity contribution in [3.05, 3.63) is 70.4 Å². The molecule has 0 amide bonds. The van der Waals surface area contributed by atoms with Gasteiger partial charge in [-0.15, -0.1) is 0 Å². The third-order valence-corrected chi connectivity index (χ3v) is 5.67. The van der Waals surface area contributed by atoms with Gasteiger partial charge in [-0.25, -0.2) is 8.42 Å². The van der Waals surface area contributed by atoms with Crippen LogP contribution in [0.2, 0.25) is 5.02 Å². The molecule has 0 atom stereocenters. The number of benzene rings is 2. The Balaban J connectivity index is 2.29. The van der Waals surface area contributed by atoms with E-state index in [1.54, 1.807) is 30.3 Å². The third-order valence-electron chi connectivity index (χ3n) is 3.62. The minimum Gasteiger partial charge on any atom is -0.505 e. The molecule has 118 valence electrons. The van der Waals surface area contributed by atoms with Gasteiger partial charge in [0.15, 0.2) is 5.76 Å². The van der Waals surface area contributed by atoms with Gasteiger partial charge in [-0.1, -0.05) is 35.9 Å². The summed E-state index contributed by atoms with van der Waals surface area (Å²) in [5.41, 5.74) is 0.00225. The number of aliphatic hydroxyl groups excluding tert-OH is 1. The second kappa shape index (κ2) is 5.40. The van der Waals surface area contributed by atoms with E-state index in [-0.39, 0.29) is 21.7 Å². The van der Waals surface area contributed by atoms with E-state index < -0.39 is 21.6 Å². The summed E-state index contributed by atoms with van der Waals surface area (Å²) >= 11 is 5.89. The zero-order chi connectivity index (χ0) is 16.8. The number of likely N-dealkylation sites (N-methyl/N-ethyl adjacent to an activating group) is 1. The largest absolute Gasteiger partial charge is 0.505 e. The fourth-order valence-corrected chi connectivity index (χ4v) is 4.03. The van der Waals surface area contributed by atoms with Gasteiger partial charge in [0.2, 0.25) is 5.78 Å². The molecular formula is C16H12ClNO4S.